The summed E-state index contributed by atoms with van der Waals surface area (Å²) in [6.45, 7) is 2.00. The van der Waals surface area contributed by atoms with E-state index in [0.29, 0.717) is 5.75 Å². The molecule has 2 aromatic carbocycles. The highest BCUT2D eigenvalue weighted by Crippen LogP contribution is 2.19. The van der Waals surface area contributed by atoms with E-state index in [2.05, 4.69) is 0 Å². The van der Waals surface area contributed by atoms with Gasteiger partial charge in [0, 0.05) is 0 Å². The van der Waals surface area contributed by atoms with Gasteiger partial charge >= 0.3 is 5.97 Å². The van der Waals surface area contributed by atoms with Gasteiger partial charge in [-0.25, -0.2) is 4.79 Å². The minimum atomic E-state index is -4.48. The lowest BCUT2D eigenvalue weighted by atomic mass is 10.2. The molecule has 0 bridgehead atoms. The number of ether oxygens (including phenoxy) is 1. The van der Waals surface area contributed by atoms with Gasteiger partial charge in [0.15, 0.2) is 0 Å². The molecule has 0 fully saturated rings. The van der Waals surface area contributed by atoms with E-state index >= 15 is 0 Å². The third-order valence-corrected chi connectivity index (χ3v) is 3.84. The first kappa shape index (κ1) is 15.2. The van der Waals surface area contributed by atoms with Gasteiger partial charge in [-0.3, -0.25) is 4.55 Å². The van der Waals surface area contributed by atoms with Crippen LogP contribution in [0.1, 0.15) is 22.8 Å². The zero-order valence-corrected chi connectivity index (χ0v) is 12.1. The Morgan fingerprint density at radius 3 is 2.29 bits per heavy atom. The van der Waals surface area contributed by atoms with Crippen LogP contribution in [-0.4, -0.2) is 18.9 Å². The average molecular weight is 306 g/mol. The van der Waals surface area contributed by atoms with Gasteiger partial charge in [0.05, 0.1) is 5.56 Å². The van der Waals surface area contributed by atoms with E-state index in [1.807, 2.05) is 19.1 Å². The number of aryl methyl sites for hydroxylation is 1. The Morgan fingerprint density at radius 1 is 1.10 bits per heavy atom. The second-order valence-corrected chi connectivity index (χ2v) is 5.75. The van der Waals surface area contributed by atoms with Crippen LogP contribution < -0.4 is 4.74 Å². The van der Waals surface area contributed by atoms with Gasteiger partial charge in [0.2, 0.25) is 0 Å². The van der Waals surface area contributed by atoms with Crippen molar-refractivity contribution in [3.8, 4) is 5.75 Å². The first-order valence-electron chi connectivity index (χ1n) is 6.29. The van der Waals surface area contributed by atoms with E-state index in [4.69, 9.17) is 9.29 Å². The molecular weight excluding hydrogens is 292 g/mol. The highest BCUT2D eigenvalue weighted by molar-refractivity contribution is 7.86. The summed E-state index contributed by atoms with van der Waals surface area (Å²) in [5.74, 6) is -0.533. The fourth-order valence-corrected chi connectivity index (χ4v) is 2.50. The molecule has 6 heteroatoms. The van der Waals surface area contributed by atoms with Crippen LogP contribution in [0.3, 0.4) is 0 Å². The van der Waals surface area contributed by atoms with Crippen molar-refractivity contribution in [1.82, 2.24) is 0 Å². The van der Waals surface area contributed by atoms with Crippen LogP contribution >= 0.6 is 0 Å². The third kappa shape index (κ3) is 3.68. The van der Waals surface area contributed by atoms with Crippen LogP contribution in [0.25, 0.3) is 0 Å². The molecule has 0 spiro atoms. The molecule has 0 aliphatic heterocycles. The monoisotopic (exact) mass is 306 g/mol. The molecule has 0 radical (unpaired) electrons. The Balaban J connectivity index is 2.28. The molecule has 0 aromatic heterocycles. The lowest BCUT2D eigenvalue weighted by molar-refractivity contribution is 0.0730. The maximum absolute atomic E-state index is 12.0. The van der Waals surface area contributed by atoms with Gasteiger partial charge in [0.25, 0.3) is 10.1 Å². The van der Waals surface area contributed by atoms with Crippen LogP contribution in [0.5, 0.6) is 5.75 Å². The van der Waals surface area contributed by atoms with Crippen molar-refractivity contribution in [3.05, 3.63) is 59.7 Å². The van der Waals surface area contributed by atoms with E-state index in [1.54, 1.807) is 12.1 Å². The summed E-state index contributed by atoms with van der Waals surface area (Å²) < 4.78 is 36.7. The van der Waals surface area contributed by atoms with E-state index < -0.39 is 21.0 Å². The quantitative estimate of drug-likeness (QED) is 0.533. The van der Waals surface area contributed by atoms with Crippen LogP contribution in [0.15, 0.2) is 53.4 Å². The SMILES string of the molecule is CCc1ccc(OC(=O)c2ccccc2S(=O)(=O)O)cc1. The van der Waals surface area contributed by atoms with E-state index in [1.165, 1.54) is 18.2 Å². The minimum Gasteiger partial charge on any atom is -0.423 e. The maximum Gasteiger partial charge on any atom is 0.344 e. The zero-order valence-electron chi connectivity index (χ0n) is 11.3. The number of esters is 1. The van der Waals surface area contributed by atoms with Crippen molar-refractivity contribution in [2.45, 2.75) is 18.2 Å². The Labute approximate surface area is 122 Å². The summed E-state index contributed by atoms with van der Waals surface area (Å²) in [5, 5.41) is 0. The molecule has 0 unspecified atom stereocenters. The Hall–Kier alpha value is -2.18. The lowest BCUT2D eigenvalue weighted by Crippen LogP contribution is -2.13. The number of carbonyl (C=O) groups is 1. The van der Waals surface area contributed by atoms with E-state index in [0.717, 1.165) is 18.1 Å². The molecule has 1 N–H and O–H groups in total. The first-order valence-corrected chi connectivity index (χ1v) is 7.73. The largest absolute Gasteiger partial charge is 0.423 e. The Kier molecular flexibility index (Phi) is 4.40. The zero-order chi connectivity index (χ0) is 15.5. The van der Waals surface area contributed by atoms with Crippen molar-refractivity contribution in [3.63, 3.8) is 0 Å². The van der Waals surface area contributed by atoms with Crippen molar-refractivity contribution in [2.24, 2.45) is 0 Å². The second kappa shape index (κ2) is 6.07. The van der Waals surface area contributed by atoms with Gasteiger partial charge in [-0.1, -0.05) is 31.2 Å². The number of carbonyl (C=O) groups excluding carboxylic acids is 1. The predicted octanol–water partition coefficient (Wildman–Crippen LogP) is 2.71. The summed E-state index contributed by atoms with van der Waals surface area (Å²) in [7, 11) is -4.48. The maximum atomic E-state index is 12.0. The fraction of sp³-hybridized carbons (Fsp3) is 0.133. The Morgan fingerprint density at radius 2 is 1.71 bits per heavy atom. The molecule has 2 rings (SSSR count). The van der Waals surface area contributed by atoms with Crippen LogP contribution in [0.2, 0.25) is 0 Å². The molecule has 0 aliphatic carbocycles. The minimum absolute atomic E-state index is 0.209. The van der Waals surface area contributed by atoms with Gasteiger partial charge in [-0.15, -0.1) is 0 Å². The number of rotatable bonds is 4. The molecular formula is C15H14O5S. The standard InChI is InChI=1S/C15H14O5S/c1-2-11-7-9-12(10-8-11)20-15(16)13-5-3-4-6-14(13)21(17,18)19/h3-10H,2H2,1H3,(H,17,18,19). The van der Waals surface area contributed by atoms with Crippen LogP contribution in [-0.2, 0) is 16.5 Å². The molecule has 0 saturated carbocycles. The molecule has 0 saturated heterocycles. The van der Waals surface area contributed by atoms with E-state index in [9.17, 15) is 13.2 Å². The third-order valence-electron chi connectivity index (χ3n) is 2.93. The molecule has 5 nitrogen and oxygen atoms in total. The molecule has 0 atom stereocenters. The molecule has 0 heterocycles. The topological polar surface area (TPSA) is 80.7 Å². The number of hydrogen-bond donors (Lipinski definition) is 1. The smallest absolute Gasteiger partial charge is 0.344 e. The van der Waals surface area contributed by atoms with Crippen molar-refractivity contribution in [1.29, 1.82) is 0 Å². The van der Waals surface area contributed by atoms with Gasteiger partial charge in [0.1, 0.15) is 10.6 Å². The molecule has 2 aromatic rings. The van der Waals surface area contributed by atoms with Gasteiger partial charge in [-0.2, -0.15) is 8.42 Å². The number of benzene rings is 2. The molecule has 0 amide bonds. The fourth-order valence-electron chi connectivity index (χ4n) is 1.82. The van der Waals surface area contributed by atoms with Crippen LogP contribution in [0, 0.1) is 0 Å². The van der Waals surface area contributed by atoms with Gasteiger partial charge < -0.3 is 4.74 Å². The molecule has 0 aliphatic rings. The predicted molar refractivity (Wildman–Crippen MR) is 77.0 cm³/mol. The van der Waals surface area contributed by atoms with Gasteiger partial charge in [-0.05, 0) is 36.2 Å². The molecule has 21 heavy (non-hydrogen) atoms. The van der Waals surface area contributed by atoms with Crippen LogP contribution in [0.4, 0.5) is 0 Å². The first-order chi connectivity index (χ1) is 9.91. The summed E-state index contributed by atoms with van der Waals surface area (Å²) in [5.41, 5.74) is 0.882. The number of hydrogen-bond acceptors (Lipinski definition) is 4. The van der Waals surface area contributed by atoms with Crippen molar-refractivity contribution in [2.75, 3.05) is 0 Å². The lowest BCUT2D eigenvalue weighted by Gasteiger charge is -2.07. The summed E-state index contributed by atoms with van der Waals surface area (Å²) in [6, 6.07) is 12.2. The second-order valence-electron chi connectivity index (χ2n) is 4.36. The highest BCUT2D eigenvalue weighted by Gasteiger charge is 2.21. The summed E-state index contributed by atoms with van der Waals surface area (Å²) in [4.78, 5) is 11.6. The average Bonchev–Trinajstić information content (AvgIpc) is 2.47. The normalized spacial score (nSPS) is 11.1. The summed E-state index contributed by atoms with van der Waals surface area (Å²) >= 11 is 0. The van der Waals surface area contributed by atoms with Crippen molar-refractivity contribution >= 4 is 16.1 Å². The molecule has 110 valence electrons. The highest BCUT2D eigenvalue weighted by atomic mass is 32.2. The summed E-state index contributed by atoms with van der Waals surface area (Å²) in [6.07, 6.45) is 0.861. The Bertz CT molecular complexity index is 748. The van der Waals surface area contributed by atoms with Crippen molar-refractivity contribution < 1.29 is 22.5 Å². The van der Waals surface area contributed by atoms with E-state index in [-0.39, 0.29) is 5.56 Å².